The van der Waals surface area contributed by atoms with Crippen LogP contribution in [0.25, 0.3) is 22.0 Å². The molecule has 1 heterocycles. The van der Waals surface area contributed by atoms with E-state index in [0.29, 0.717) is 5.02 Å². The van der Waals surface area contributed by atoms with E-state index in [-0.39, 0.29) is 0 Å². The average molecular weight is 319 g/mol. The van der Waals surface area contributed by atoms with Crippen LogP contribution in [0, 0.1) is 0 Å². The summed E-state index contributed by atoms with van der Waals surface area (Å²) in [6, 6.07) is 16.1. The van der Waals surface area contributed by atoms with Gasteiger partial charge in [-0.05, 0) is 35.4 Å². The first-order valence-electron chi connectivity index (χ1n) is 5.55. The van der Waals surface area contributed by atoms with Gasteiger partial charge < -0.3 is 0 Å². The maximum atomic E-state index is 6.18. The molecule has 0 saturated carbocycles. The second-order valence-corrected chi connectivity index (χ2v) is 5.33. The molecule has 0 saturated heterocycles. The van der Waals surface area contributed by atoms with Gasteiger partial charge in [-0.2, -0.15) is 0 Å². The highest BCUT2D eigenvalue weighted by molar-refractivity contribution is 9.10. The minimum atomic E-state index is 0.685. The highest BCUT2D eigenvalue weighted by atomic mass is 79.9. The summed E-state index contributed by atoms with van der Waals surface area (Å²) in [4.78, 5) is 4.35. The summed E-state index contributed by atoms with van der Waals surface area (Å²) in [5.74, 6) is 0. The SMILES string of the molecule is Clc1cccc2c(-c3cccc(Br)c3)ccnc12. The van der Waals surface area contributed by atoms with Gasteiger partial charge in [-0.25, -0.2) is 0 Å². The van der Waals surface area contributed by atoms with Crippen LogP contribution < -0.4 is 0 Å². The number of halogens is 2. The molecule has 0 spiro atoms. The fourth-order valence-corrected chi connectivity index (χ4v) is 2.67. The van der Waals surface area contributed by atoms with Crippen molar-refractivity contribution in [2.24, 2.45) is 0 Å². The van der Waals surface area contributed by atoms with Crippen molar-refractivity contribution in [2.45, 2.75) is 0 Å². The molecule has 0 bridgehead atoms. The number of hydrogen-bond acceptors (Lipinski definition) is 1. The summed E-state index contributed by atoms with van der Waals surface area (Å²) in [6.07, 6.45) is 1.80. The second kappa shape index (κ2) is 4.71. The van der Waals surface area contributed by atoms with Crippen LogP contribution in [0.4, 0.5) is 0 Å². The maximum absolute atomic E-state index is 6.18. The first kappa shape index (κ1) is 11.7. The summed E-state index contributed by atoms with van der Waals surface area (Å²) in [6.45, 7) is 0. The number of para-hydroxylation sites is 1. The van der Waals surface area contributed by atoms with Crippen LogP contribution in [-0.2, 0) is 0 Å². The van der Waals surface area contributed by atoms with Crippen molar-refractivity contribution in [3.05, 3.63) is 64.2 Å². The molecule has 3 rings (SSSR count). The maximum Gasteiger partial charge on any atom is 0.0894 e. The molecule has 0 unspecified atom stereocenters. The smallest absolute Gasteiger partial charge is 0.0894 e. The molecule has 3 aromatic rings. The molecular weight excluding hydrogens is 310 g/mol. The normalized spacial score (nSPS) is 10.8. The van der Waals surface area contributed by atoms with Gasteiger partial charge >= 0.3 is 0 Å². The number of fused-ring (bicyclic) bond motifs is 1. The molecule has 1 aromatic heterocycles. The molecule has 0 aliphatic carbocycles. The third-order valence-electron chi connectivity index (χ3n) is 2.86. The predicted molar refractivity (Wildman–Crippen MR) is 79.9 cm³/mol. The Balaban J connectivity index is 2.33. The van der Waals surface area contributed by atoms with Crippen molar-refractivity contribution < 1.29 is 0 Å². The average Bonchev–Trinajstić information content (AvgIpc) is 2.39. The zero-order chi connectivity index (χ0) is 12.5. The Kier molecular flexibility index (Phi) is 3.06. The highest BCUT2D eigenvalue weighted by Crippen LogP contribution is 2.31. The van der Waals surface area contributed by atoms with E-state index in [1.807, 2.05) is 36.4 Å². The third kappa shape index (κ3) is 2.02. The van der Waals surface area contributed by atoms with Crippen molar-refractivity contribution >= 4 is 38.4 Å². The van der Waals surface area contributed by atoms with Gasteiger partial charge in [0, 0.05) is 16.1 Å². The Morgan fingerprint density at radius 1 is 1.00 bits per heavy atom. The molecule has 0 aliphatic heterocycles. The minimum Gasteiger partial charge on any atom is -0.255 e. The van der Waals surface area contributed by atoms with E-state index in [2.05, 4.69) is 33.0 Å². The minimum absolute atomic E-state index is 0.685. The zero-order valence-corrected chi connectivity index (χ0v) is 11.7. The van der Waals surface area contributed by atoms with E-state index in [4.69, 9.17) is 11.6 Å². The van der Waals surface area contributed by atoms with Crippen molar-refractivity contribution in [3.63, 3.8) is 0 Å². The van der Waals surface area contributed by atoms with Crippen molar-refractivity contribution in [1.82, 2.24) is 4.98 Å². The summed E-state index contributed by atoms with van der Waals surface area (Å²) in [5.41, 5.74) is 3.14. The van der Waals surface area contributed by atoms with Crippen molar-refractivity contribution in [1.29, 1.82) is 0 Å². The van der Waals surface area contributed by atoms with Gasteiger partial charge in [0.15, 0.2) is 0 Å². The summed E-state index contributed by atoms with van der Waals surface area (Å²) in [5, 5.41) is 1.76. The Bertz CT molecular complexity index is 725. The second-order valence-electron chi connectivity index (χ2n) is 4.00. The molecule has 2 aromatic carbocycles. The fourth-order valence-electron chi connectivity index (χ4n) is 2.05. The zero-order valence-electron chi connectivity index (χ0n) is 9.40. The van der Waals surface area contributed by atoms with Crippen LogP contribution in [0.1, 0.15) is 0 Å². The largest absolute Gasteiger partial charge is 0.255 e. The lowest BCUT2D eigenvalue weighted by Gasteiger charge is -2.07. The lowest BCUT2D eigenvalue weighted by Crippen LogP contribution is -1.85. The number of nitrogens with zero attached hydrogens (tertiary/aromatic N) is 1. The summed E-state index contributed by atoms with van der Waals surface area (Å²) < 4.78 is 1.06. The lowest BCUT2D eigenvalue weighted by atomic mass is 10.0. The molecule has 0 aliphatic rings. The Labute approximate surface area is 119 Å². The number of pyridine rings is 1. The van der Waals surface area contributed by atoms with Crippen LogP contribution in [0.3, 0.4) is 0 Å². The molecule has 0 amide bonds. The number of benzene rings is 2. The molecule has 18 heavy (non-hydrogen) atoms. The van der Waals surface area contributed by atoms with Crippen molar-refractivity contribution in [3.8, 4) is 11.1 Å². The molecule has 3 heteroatoms. The van der Waals surface area contributed by atoms with Crippen LogP contribution in [0.5, 0.6) is 0 Å². The molecule has 0 fully saturated rings. The summed E-state index contributed by atoms with van der Waals surface area (Å²) in [7, 11) is 0. The first-order valence-corrected chi connectivity index (χ1v) is 6.72. The molecule has 0 N–H and O–H groups in total. The van der Waals surface area contributed by atoms with E-state index < -0.39 is 0 Å². The molecular formula is C15H9BrClN. The van der Waals surface area contributed by atoms with E-state index in [0.717, 1.165) is 26.5 Å². The van der Waals surface area contributed by atoms with Gasteiger partial charge in [-0.15, -0.1) is 0 Å². The number of hydrogen-bond donors (Lipinski definition) is 0. The topological polar surface area (TPSA) is 12.9 Å². The standard InChI is InChI=1S/C15H9BrClN/c16-11-4-1-3-10(9-11)12-7-8-18-15-13(12)5-2-6-14(15)17/h1-9H. The molecule has 0 radical (unpaired) electrons. The first-order chi connectivity index (χ1) is 8.75. The van der Waals surface area contributed by atoms with Gasteiger partial charge in [0.1, 0.15) is 0 Å². The highest BCUT2D eigenvalue weighted by Gasteiger charge is 2.06. The van der Waals surface area contributed by atoms with Gasteiger partial charge in [-0.3, -0.25) is 4.98 Å². The van der Waals surface area contributed by atoms with Gasteiger partial charge in [-0.1, -0.05) is 51.8 Å². The van der Waals surface area contributed by atoms with Crippen molar-refractivity contribution in [2.75, 3.05) is 0 Å². The van der Waals surface area contributed by atoms with Crippen LogP contribution >= 0.6 is 27.5 Å². The van der Waals surface area contributed by atoms with Gasteiger partial charge in [0.2, 0.25) is 0 Å². The van der Waals surface area contributed by atoms with Crippen LogP contribution in [0.15, 0.2) is 59.2 Å². The van der Waals surface area contributed by atoms with E-state index in [1.165, 1.54) is 0 Å². The van der Waals surface area contributed by atoms with Crippen LogP contribution in [-0.4, -0.2) is 4.98 Å². The predicted octanol–water partition coefficient (Wildman–Crippen LogP) is 5.32. The quantitative estimate of drug-likeness (QED) is 0.592. The fraction of sp³-hybridized carbons (Fsp3) is 0. The van der Waals surface area contributed by atoms with Gasteiger partial charge in [0.25, 0.3) is 0 Å². The molecule has 0 atom stereocenters. The third-order valence-corrected chi connectivity index (χ3v) is 3.66. The Hall–Kier alpha value is -1.38. The molecule has 88 valence electrons. The molecule has 1 nitrogen and oxygen atoms in total. The number of aromatic nitrogens is 1. The lowest BCUT2D eigenvalue weighted by molar-refractivity contribution is 1.41. The Morgan fingerprint density at radius 2 is 1.83 bits per heavy atom. The summed E-state index contributed by atoms with van der Waals surface area (Å²) >= 11 is 9.67. The van der Waals surface area contributed by atoms with E-state index >= 15 is 0 Å². The monoisotopic (exact) mass is 317 g/mol. The van der Waals surface area contributed by atoms with E-state index in [1.54, 1.807) is 6.20 Å². The Morgan fingerprint density at radius 3 is 2.67 bits per heavy atom. The van der Waals surface area contributed by atoms with E-state index in [9.17, 15) is 0 Å². The number of rotatable bonds is 1. The van der Waals surface area contributed by atoms with Gasteiger partial charge in [0.05, 0.1) is 10.5 Å². The van der Waals surface area contributed by atoms with Crippen LogP contribution in [0.2, 0.25) is 5.02 Å².